The number of aliphatic hydroxyl groups excluding tert-OH is 3. The highest BCUT2D eigenvalue weighted by molar-refractivity contribution is 5.16. The Labute approximate surface area is 626 Å². The molecule has 10 atom stereocenters. The van der Waals surface area contributed by atoms with E-state index >= 15 is 0 Å². The summed E-state index contributed by atoms with van der Waals surface area (Å²) in [6, 6.07) is 29.9. The molecule has 12 rings (SSSR count). The molecule has 8 aliphatic carbocycles. The molecule has 0 bridgehead atoms. The summed E-state index contributed by atoms with van der Waals surface area (Å²) in [6.45, 7) is 19.6. The largest absolute Gasteiger partial charge is 0.393 e. The van der Waals surface area contributed by atoms with Crippen LogP contribution in [0.3, 0.4) is 0 Å². The van der Waals surface area contributed by atoms with Gasteiger partial charge < -0.3 is 24.8 Å². The maximum absolute atomic E-state index is 12.3. The molecule has 0 spiro atoms. The Bertz CT molecular complexity index is 2470. The minimum Gasteiger partial charge on any atom is -0.393 e. The molecule has 3 N–H and O–H groups in total. The zero-order chi connectivity index (χ0) is 77.6. The summed E-state index contributed by atoms with van der Waals surface area (Å²) in [7, 11) is 0. The Hall–Kier alpha value is -4.02. The Balaban J connectivity index is 0.000000568. The van der Waals surface area contributed by atoms with Gasteiger partial charge in [0.25, 0.3) is 0 Å². The summed E-state index contributed by atoms with van der Waals surface area (Å²) in [5.74, 6) is 6.42. The molecule has 0 heterocycles. The lowest BCUT2D eigenvalue weighted by Gasteiger charge is -2.26. The topological polar surface area (TPSA) is 79.2 Å². The molecule has 4 aromatic rings. The Kier molecular flexibility index (Phi) is 57.3. The third-order valence-corrected chi connectivity index (χ3v) is 21.5. The lowest BCUT2D eigenvalue weighted by atomic mass is 9.81. The van der Waals surface area contributed by atoms with Gasteiger partial charge in [-0.3, -0.25) is 13.2 Å². The summed E-state index contributed by atoms with van der Waals surface area (Å²) in [5.41, 5.74) is 4.08. The standard InChI is InChI=1S/2C8H14F2O.3C8H15F.3C7H7F.3C7H14O.C7H8/c1-6-2-4-7(5-3-6)11-8(9)10;1-6-3-2-4-7(5-6)11-8(9)10;1-7-2-4-8(6-9)5-3-7;1-7-3-2-4-8(5-7)6-9;1-7-4-2-3-5-8(7)6-9;1-6-2-4-7(8)5-3-6;1-6-3-2-4-7(8)5-6;1-6-4-2-3-5-7(6)8;1-6-2-4-7(8)5-3-6;1-6-3-2-4-7(8)5-6;1-6-4-2-3-5-7(6)8;1-7-5-3-2-4-6-7/h2*6-8H,2-5H2,1H3;3*7-8H,2-6H2,1H3;3*2-5H,1H3;3*6-8H,2-5H2,1H3;2-6H,1H3. The van der Waals surface area contributed by atoms with Crippen LogP contribution in [0.4, 0.5) is 43.9 Å². The highest BCUT2D eigenvalue weighted by Crippen LogP contribution is 2.33. The van der Waals surface area contributed by atoms with E-state index in [1.54, 1.807) is 37.3 Å². The number of aryl methyl sites for hydroxylation is 4. The fourth-order valence-electron chi connectivity index (χ4n) is 14.1. The van der Waals surface area contributed by atoms with Crippen molar-refractivity contribution in [1.29, 1.82) is 0 Å². The van der Waals surface area contributed by atoms with E-state index in [1.807, 2.05) is 44.2 Å². The van der Waals surface area contributed by atoms with Gasteiger partial charge >= 0.3 is 13.2 Å². The SMILES string of the molecule is CC1CCC(CF)CC1.CC1CCC(O)CC1.CC1CCC(OC(F)F)CC1.CC1CCCC(CF)C1.CC1CCCC(O)C1.CC1CCCC(OC(F)F)C1.CC1CCCCC1CF.CC1CCCCC1O.Cc1ccc(F)cc1.Cc1cccc(F)c1.Cc1ccccc1.Cc1ccccc1F. The third kappa shape index (κ3) is 53.7. The van der Waals surface area contributed by atoms with Gasteiger partial charge in [0.05, 0.1) is 50.5 Å². The lowest BCUT2D eigenvalue weighted by molar-refractivity contribution is -0.172. The molecule has 5 nitrogen and oxygen atoms in total. The van der Waals surface area contributed by atoms with Gasteiger partial charge in [0, 0.05) is 0 Å². The molecule has 104 heavy (non-hydrogen) atoms. The number of aliphatic hydroxyl groups is 3. The quantitative estimate of drug-likeness (QED) is 0.161. The van der Waals surface area contributed by atoms with Crippen molar-refractivity contribution >= 4 is 0 Å². The highest BCUT2D eigenvalue weighted by Gasteiger charge is 2.25. The maximum Gasteiger partial charge on any atom is 0.345 e. The van der Waals surface area contributed by atoms with Gasteiger partial charge in [-0.25, -0.2) is 13.2 Å². The van der Waals surface area contributed by atoms with Crippen LogP contribution in [0.1, 0.15) is 283 Å². The van der Waals surface area contributed by atoms with Crippen LogP contribution in [-0.4, -0.2) is 79.1 Å². The van der Waals surface area contributed by atoms with E-state index in [-0.39, 0.29) is 68.0 Å². The molecule has 0 saturated heterocycles. The van der Waals surface area contributed by atoms with E-state index < -0.39 is 13.2 Å². The molecule has 0 aliphatic heterocycles. The fraction of sp³-hybridized carbons (Fsp3) is 0.730. The number of alkyl halides is 7. The minimum atomic E-state index is -2.59. The van der Waals surface area contributed by atoms with Gasteiger partial charge in [-0.1, -0.05) is 223 Å². The molecule has 0 radical (unpaired) electrons. The summed E-state index contributed by atoms with van der Waals surface area (Å²) >= 11 is 0. The fourth-order valence-corrected chi connectivity index (χ4v) is 14.1. The third-order valence-electron chi connectivity index (χ3n) is 21.5. The van der Waals surface area contributed by atoms with E-state index in [0.717, 1.165) is 150 Å². The lowest BCUT2D eigenvalue weighted by Crippen LogP contribution is -2.23. The molecule has 8 aliphatic rings. The second kappa shape index (κ2) is 60.8. The van der Waals surface area contributed by atoms with Gasteiger partial charge in [0.15, 0.2) is 0 Å². The Morgan fingerprint density at radius 2 is 0.808 bits per heavy atom. The van der Waals surface area contributed by atoms with Crippen LogP contribution in [0.5, 0.6) is 0 Å². The number of hydrogen-bond acceptors (Lipinski definition) is 5. The van der Waals surface area contributed by atoms with E-state index in [0.29, 0.717) is 47.0 Å². The van der Waals surface area contributed by atoms with Crippen LogP contribution in [0.15, 0.2) is 103 Å². The maximum atomic E-state index is 12.3. The van der Waals surface area contributed by atoms with Crippen LogP contribution in [0.25, 0.3) is 0 Å². The molecule has 600 valence electrons. The number of hydrogen-bond donors (Lipinski definition) is 3. The summed E-state index contributed by atoms with van der Waals surface area (Å²) in [6.07, 6.45) is 35.5. The summed E-state index contributed by atoms with van der Waals surface area (Å²) in [5, 5.41) is 27.3. The van der Waals surface area contributed by atoms with Crippen molar-refractivity contribution in [1.82, 2.24) is 0 Å². The second-order valence-electron chi connectivity index (χ2n) is 32.0. The zero-order valence-corrected chi connectivity index (χ0v) is 66.4. The first kappa shape index (κ1) is 98.0. The number of rotatable bonds is 7. The second-order valence-corrected chi connectivity index (χ2v) is 32.0. The van der Waals surface area contributed by atoms with Gasteiger partial charge in [0.2, 0.25) is 0 Å². The number of halogens is 10. The van der Waals surface area contributed by atoms with Crippen molar-refractivity contribution in [3.8, 4) is 0 Å². The molecule has 10 unspecified atom stereocenters. The van der Waals surface area contributed by atoms with Gasteiger partial charge in [-0.15, -0.1) is 0 Å². The molecule has 8 saturated carbocycles. The highest BCUT2D eigenvalue weighted by atomic mass is 19.3. The Morgan fingerprint density at radius 3 is 1.17 bits per heavy atom. The zero-order valence-electron chi connectivity index (χ0n) is 66.4. The summed E-state index contributed by atoms with van der Waals surface area (Å²) in [4.78, 5) is 0. The average molecular weight is 1480 g/mol. The van der Waals surface area contributed by atoms with Gasteiger partial charge in [-0.2, -0.15) is 17.6 Å². The molecule has 15 heteroatoms. The minimum absolute atomic E-state index is 0.00347. The molecular formula is C89H144F10O5. The van der Waals surface area contributed by atoms with Gasteiger partial charge in [-0.05, 0) is 256 Å². The van der Waals surface area contributed by atoms with Crippen molar-refractivity contribution in [2.24, 2.45) is 65.1 Å². The van der Waals surface area contributed by atoms with Crippen LogP contribution >= 0.6 is 0 Å². The number of ether oxygens (including phenoxy) is 2. The predicted molar refractivity (Wildman–Crippen MR) is 414 cm³/mol. The predicted octanol–water partition coefficient (Wildman–Crippen LogP) is 27.0. The molecule has 0 aromatic heterocycles. The van der Waals surface area contributed by atoms with Crippen molar-refractivity contribution in [3.63, 3.8) is 0 Å². The first-order valence-electron chi connectivity index (χ1n) is 40.3. The van der Waals surface area contributed by atoms with Crippen LogP contribution in [-0.2, 0) is 9.47 Å². The smallest absolute Gasteiger partial charge is 0.345 e. The van der Waals surface area contributed by atoms with Crippen LogP contribution in [0.2, 0.25) is 0 Å². The van der Waals surface area contributed by atoms with Crippen molar-refractivity contribution in [2.45, 2.75) is 332 Å². The van der Waals surface area contributed by atoms with Gasteiger partial charge in [0.1, 0.15) is 17.5 Å². The molecule has 0 amide bonds. The molecular weight excluding hydrogens is 1340 g/mol. The first-order chi connectivity index (χ1) is 49.5. The van der Waals surface area contributed by atoms with Crippen LogP contribution in [0, 0.1) is 110 Å². The van der Waals surface area contributed by atoms with Crippen molar-refractivity contribution in [3.05, 3.63) is 143 Å². The Morgan fingerprint density at radius 1 is 0.346 bits per heavy atom. The first-order valence-corrected chi connectivity index (χ1v) is 40.3. The average Bonchev–Trinajstić information content (AvgIpc) is 3.12. The van der Waals surface area contributed by atoms with Crippen LogP contribution < -0.4 is 0 Å². The monoisotopic (exact) mass is 1480 g/mol. The van der Waals surface area contributed by atoms with E-state index in [2.05, 4.69) is 83.9 Å². The van der Waals surface area contributed by atoms with E-state index in [9.17, 15) is 49.0 Å². The normalized spacial score (nSPS) is 28.3. The van der Waals surface area contributed by atoms with Crippen molar-refractivity contribution in [2.75, 3.05) is 20.0 Å². The molecule has 4 aromatic carbocycles. The van der Waals surface area contributed by atoms with E-state index in [1.165, 1.54) is 126 Å². The molecule has 8 fully saturated rings. The summed E-state index contributed by atoms with van der Waals surface area (Å²) < 4.78 is 128. The van der Waals surface area contributed by atoms with E-state index in [4.69, 9.17) is 10.2 Å². The number of benzene rings is 4. The van der Waals surface area contributed by atoms with Crippen molar-refractivity contribution < 1.29 is 68.7 Å².